The van der Waals surface area contributed by atoms with Gasteiger partial charge in [0.2, 0.25) is 5.82 Å². The molecule has 6 nitrogen and oxygen atoms in total. The molecule has 0 aliphatic carbocycles. The minimum absolute atomic E-state index is 0.240. The first-order valence-electron chi connectivity index (χ1n) is 11.4. The van der Waals surface area contributed by atoms with E-state index in [2.05, 4.69) is 41.7 Å². The lowest BCUT2D eigenvalue weighted by Gasteiger charge is -2.37. The monoisotopic (exact) mass is 482 g/mol. The van der Waals surface area contributed by atoms with Gasteiger partial charge in [0, 0.05) is 17.3 Å². The van der Waals surface area contributed by atoms with Gasteiger partial charge in [-0.1, -0.05) is 64.8 Å². The number of aryl methyl sites for hydroxylation is 2. The van der Waals surface area contributed by atoms with Gasteiger partial charge >= 0.3 is 0 Å². The normalized spacial score (nSPS) is 15.8. The highest BCUT2D eigenvalue weighted by molar-refractivity contribution is 7.80. The van der Waals surface area contributed by atoms with E-state index < -0.39 is 0 Å². The number of ether oxygens (including phenoxy) is 1. The van der Waals surface area contributed by atoms with Gasteiger partial charge in [0.05, 0.1) is 24.4 Å². The summed E-state index contributed by atoms with van der Waals surface area (Å²) in [6, 6.07) is 24.0. The number of rotatable bonds is 5. The summed E-state index contributed by atoms with van der Waals surface area (Å²) in [6.07, 6.45) is 0. The highest BCUT2D eigenvalue weighted by Crippen LogP contribution is 2.39. The van der Waals surface area contributed by atoms with Crippen molar-refractivity contribution in [3.05, 3.63) is 101 Å². The quantitative estimate of drug-likeness (QED) is 0.338. The second kappa shape index (κ2) is 9.35. The minimum atomic E-state index is -0.240. The van der Waals surface area contributed by atoms with Gasteiger partial charge in [-0.15, -0.1) is 0 Å². The minimum Gasteiger partial charge on any atom is -0.497 e. The molecule has 176 valence electrons. The molecule has 0 radical (unpaired) electrons. The molecule has 0 amide bonds. The molecule has 1 unspecified atom stereocenters. The summed E-state index contributed by atoms with van der Waals surface area (Å²) < 4.78 is 11.3. The van der Waals surface area contributed by atoms with Crippen LogP contribution in [0.2, 0.25) is 0 Å². The molecule has 1 aliphatic rings. The highest BCUT2D eigenvalue weighted by Gasteiger charge is 2.34. The topological polar surface area (TPSA) is 63.4 Å². The van der Waals surface area contributed by atoms with Crippen LogP contribution < -0.4 is 15.0 Å². The van der Waals surface area contributed by atoms with E-state index in [9.17, 15) is 0 Å². The van der Waals surface area contributed by atoms with E-state index in [4.69, 9.17) is 26.5 Å². The number of anilines is 1. The molecule has 0 bridgehead atoms. The van der Waals surface area contributed by atoms with Crippen molar-refractivity contribution in [2.75, 3.05) is 12.0 Å². The number of aromatic nitrogens is 2. The first kappa shape index (κ1) is 22.8. The van der Waals surface area contributed by atoms with Gasteiger partial charge in [0.15, 0.2) is 5.11 Å². The van der Waals surface area contributed by atoms with Crippen molar-refractivity contribution in [2.45, 2.75) is 26.8 Å². The van der Waals surface area contributed by atoms with E-state index in [0.29, 0.717) is 16.8 Å². The second-order valence-electron chi connectivity index (χ2n) is 8.62. The van der Waals surface area contributed by atoms with E-state index in [1.165, 1.54) is 5.56 Å². The SMILES string of the molecule is COc1cccc(N2C(=S)NC(c3ccc(C)cc3)C(c3nc(-c4cccc(C)c4)no3)=C2C)c1. The summed E-state index contributed by atoms with van der Waals surface area (Å²) in [5.74, 6) is 1.75. The fourth-order valence-electron chi connectivity index (χ4n) is 4.32. The average molecular weight is 483 g/mol. The van der Waals surface area contributed by atoms with Crippen molar-refractivity contribution in [1.82, 2.24) is 15.5 Å². The number of methoxy groups -OCH3 is 1. The number of nitrogens with one attached hydrogen (secondary N) is 1. The van der Waals surface area contributed by atoms with Crippen LogP contribution in [0.5, 0.6) is 5.75 Å². The van der Waals surface area contributed by atoms with E-state index in [1.54, 1.807) is 7.11 Å². The zero-order chi connectivity index (χ0) is 24.5. The lowest BCUT2D eigenvalue weighted by Crippen LogP contribution is -2.46. The zero-order valence-electron chi connectivity index (χ0n) is 20.1. The largest absolute Gasteiger partial charge is 0.497 e. The number of allylic oxidation sites excluding steroid dienone is 1. The molecule has 4 aromatic rings. The van der Waals surface area contributed by atoms with E-state index in [-0.39, 0.29) is 6.04 Å². The van der Waals surface area contributed by atoms with Crippen molar-refractivity contribution in [2.24, 2.45) is 0 Å². The van der Waals surface area contributed by atoms with Crippen LogP contribution in [-0.4, -0.2) is 22.4 Å². The molecule has 2 heterocycles. The molecule has 35 heavy (non-hydrogen) atoms. The Labute approximate surface area is 210 Å². The highest BCUT2D eigenvalue weighted by atomic mass is 32.1. The maximum Gasteiger partial charge on any atom is 0.258 e. The number of benzene rings is 3. The van der Waals surface area contributed by atoms with Crippen LogP contribution in [-0.2, 0) is 0 Å². The molecule has 3 aromatic carbocycles. The van der Waals surface area contributed by atoms with Gasteiger partial charge in [-0.2, -0.15) is 4.98 Å². The fourth-order valence-corrected chi connectivity index (χ4v) is 4.68. The molecule has 0 fully saturated rings. The van der Waals surface area contributed by atoms with Crippen LogP contribution in [0.3, 0.4) is 0 Å². The third-order valence-corrected chi connectivity index (χ3v) is 6.44. The number of hydrogen-bond donors (Lipinski definition) is 1. The Bertz CT molecular complexity index is 1420. The first-order valence-corrected chi connectivity index (χ1v) is 11.8. The van der Waals surface area contributed by atoms with E-state index >= 15 is 0 Å². The van der Waals surface area contributed by atoms with Gasteiger partial charge in [-0.3, -0.25) is 4.90 Å². The van der Waals surface area contributed by atoms with Crippen molar-refractivity contribution in [3.63, 3.8) is 0 Å². The van der Waals surface area contributed by atoms with Crippen LogP contribution in [0.15, 0.2) is 83.0 Å². The van der Waals surface area contributed by atoms with Crippen molar-refractivity contribution >= 4 is 28.6 Å². The van der Waals surface area contributed by atoms with E-state index in [0.717, 1.165) is 39.4 Å². The number of hydrogen-bond acceptors (Lipinski definition) is 5. The Balaban J connectivity index is 1.66. The zero-order valence-corrected chi connectivity index (χ0v) is 20.9. The summed E-state index contributed by atoms with van der Waals surface area (Å²) in [4.78, 5) is 6.79. The Kier molecular flexibility index (Phi) is 6.09. The predicted octanol–water partition coefficient (Wildman–Crippen LogP) is 6.23. The van der Waals surface area contributed by atoms with E-state index in [1.807, 2.05) is 67.3 Å². The maximum atomic E-state index is 5.86. The average Bonchev–Trinajstić information content (AvgIpc) is 3.34. The molecule has 1 aliphatic heterocycles. The van der Waals surface area contributed by atoms with Crippen molar-refractivity contribution < 1.29 is 9.26 Å². The standard InChI is InChI=1S/C28H26N4O2S/c1-17-11-13-20(14-12-17)25-24(27-30-26(31-34-27)21-8-5-7-18(2)15-21)19(3)32(28(35)29-25)22-9-6-10-23(16-22)33-4/h5-16,25H,1-4H3,(H,29,35). The molecule has 1 N–H and O–H groups in total. The Morgan fingerprint density at radius 2 is 1.71 bits per heavy atom. The van der Waals surface area contributed by atoms with Crippen LogP contribution in [0.25, 0.3) is 17.0 Å². The molecule has 0 spiro atoms. The van der Waals surface area contributed by atoms with Gasteiger partial charge in [-0.25, -0.2) is 0 Å². The fraction of sp³-hybridized carbons (Fsp3) is 0.179. The summed E-state index contributed by atoms with van der Waals surface area (Å²) in [5, 5.41) is 8.40. The molecular weight excluding hydrogens is 456 g/mol. The molecule has 0 saturated carbocycles. The Morgan fingerprint density at radius 3 is 2.46 bits per heavy atom. The summed E-state index contributed by atoms with van der Waals surface area (Å²) >= 11 is 5.84. The van der Waals surface area contributed by atoms with Crippen LogP contribution in [0.1, 0.15) is 35.5 Å². The van der Waals surface area contributed by atoms with Crippen LogP contribution in [0, 0.1) is 13.8 Å². The third kappa shape index (κ3) is 4.42. The third-order valence-electron chi connectivity index (χ3n) is 6.14. The van der Waals surface area contributed by atoms with Crippen LogP contribution in [0.4, 0.5) is 5.69 Å². The Hall–Kier alpha value is -3.97. The maximum absolute atomic E-state index is 5.86. The smallest absolute Gasteiger partial charge is 0.258 e. The summed E-state index contributed by atoms with van der Waals surface area (Å²) in [7, 11) is 1.65. The molecule has 0 saturated heterocycles. The second-order valence-corrected chi connectivity index (χ2v) is 9.01. The van der Waals surface area contributed by atoms with Crippen LogP contribution >= 0.6 is 12.2 Å². The summed E-state index contributed by atoms with van der Waals surface area (Å²) in [5.41, 5.74) is 6.96. The molecule has 7 heteroatoms. The first-order chi connectivity index (χ1) is 16.9. The number of nitrogens with zero attached hydrogens (tertiary/aromatic N) is 3. The molecule has 1 aromatic heterocycles. The molecule has 5 rings (SSSR count). The summed E-state index contributed by atoms with van der Waals surface area (Å²) in [6.45, 7) is 6.14. The van der Waals surface area contributed by atoms with Gasteiger partial charge in [0.1, 0.15) is 5.75 Å². The Morgan fingerprint density at radius 1 is 0.943 bits per heavy atom. The molecular formula is C28H26N4O2S. The lowest BCUT2D eigenvalue weighted by molar-refractivity contribution is 0.404. The number of thiocarbonyl (C=S) groups is 1. The van der Waals surface area contributed by atoms with Crippen molar-refractivity contribution in [1.29, 1.82) is 0 Å². The van der Waals surface area contributed by atoms with Gasteiger partial charge in [-0.05, 0) is 56.8 Å². The lowest BCUT2D eigenvalue weighted by atomic mass is 9.94. The predicted molar refractivity (Wildman–Crippen MR) is 142 cm³/mol. The molecule has 1 atom stereocenters. The van der Waals surface area contributed by atoms with Gasteiger partial charge in [0.25, 0.3) is 5.89 Å². The van der Waals surface area contributed by atoms with Crippen molar-refractivity contribution in [3.8, 4) is 17.1 Å². The van der Waals surface area contributed by atoms with Gasteiger partial charge < -0.3 is 14.6 Å².